The van der Waals surface area contributed by atoms with E-state index in [0.29, 0.717) is 49.8 Å². The molecule has 2 aliphatic heterocycles. The monoisotopic (exact) mass is 556 g/mol. The van der Waals surface area contributed by atoms with Crippen LogP contribution in [0.15, 0.2) is 34.1 Å². The highest BCUT2D eigenvalue weighted by Gasteiger charge is 2.29. The number of rotatable bonds is 7. The molecule has 12 nitrogen and oxygen atoms in total. The third-order valence-corrected chi connectivity index (χ3v) is 8.36. The van der Waals surface area contributed by atoms with Crippen molar-refractivity contribution >= 4 is 34.9 Å². The molecule has 4 heterocycles. The number of hydrogen-bond donors (Lipinski definition) is 1. The number of phenolic OH excluding ortho intramolecular Hbond substituents is 1. The number of aryl methyl sites for hydroxylation is 1. The van der Waals surface area contributed by atoms with Crippen LogP contribution in [-0.2, 0) is 36.7 Å². The summed E-state index contributed by atoms with van der Waals surface area (Å²) in [7, 11) is 4.53. The summed E-state index contributed by atoms with van der Waals surface area (Å²) in [6.07, 6.45) is 4.80. The number of thioether (sulfide) groups is 1. The van der Waals surface area contributed by atoms with Crippen molar-refractivity contribution in [3.05, 3.63) is 56.5 Å². The summed E-state index contributed by atoms with van der Waals surface area (Å²) < 4.78 is 14.9. The van der Waals surface area contributed by atoms with E-state index in [4.69, 9.17) is 9.47 Å². The second-order valence-corrected chi connectivity index (χ2v) is 10.9. The van der Waals surface area contributed by atoms with Gasteiger partial charge in [0.1, 0.15) is 0 Å². The maximum atomic E-state index is 13.3. The number of aromatic hydroxyl groups is 1. The SMILES string of the molecule is COc1cc(C=CC(=O)N2CCSC2Cn2cnc3c2c(=O)n(C)c(=O)n3C)cc(CN2CCOCC2)c1O. The number of aromatic nitrogens is 4. The number of phenols is 1. The fourth-order valence-corrected chi connectivity index (χ4v) is 6.18. The minimum absolute atomic E-state index is 0.0969. The molecular weight excluding hydrogens is 524 g/mol. The minimum Gasteiger partial charge on any atom is -0.504 e. The molecule has 0 spiro atoms. The number of fused-ring (bicyclic) bond motifs is 1. The second kappa shape index (κ2) is 11.3. The molecule has 1 N–H and O–H groups in total. The Balaban J connectivity index is 1.34. The first-order chi connectivity index (χ1) is 18.8. The fraction of sp³-hybridized carbons (Fsp3) is 0.462. The van der Waals surface area contributed by atoms with Gasteiger partial charge in [0.15, 0.2) is 22.7 Å². The molecule has 39 heavy (non-hydrogen) atoms. The Labute approximate surface area is 229 Å². The Kier molecular flexibility index (Phi) is 7.82. The Hall–Kier alpha value is -3.55. The number of amides is 1. The summed E-state index contributed by atoms with van der Waals surface area (Å²) in [6, 6.07) is 3.57. The van der Waals surface area contributed by atoms with Crippen LogP contribution in [0.2, 0.25) is 0 Å². The van der Waals surface area contributed by atoms with Crippen LogP contribution < -0.4 is 16.0 Å². The van der Waals surface area contributed by atoms with Gasteiger partial charge in [-0.05, 0) is 23.8 Å². The maximum absolute atomic E-state index is 13.3. The van der Waals surface area contributed by atoms with Crippen LogP contribution in [0.3, 0.4) is 0 Å². The Morgan fingerprint density at radius 1 is 1.21 bits per heavy atom. The Morgan fingerprint density at radius 3 is 2.72 bits per heavy atom. The fourth-order valence-electron chi connectivity index (χ4n) is 4.95. The lowest BCUT2D eigenvalue weighted by Crippen LogP contribution is -2.39. The number of imidazole rings is 1. The van der Waals surface area contributed by atoms with E-state index in [1.807, 2.05) is 6.07 Å². The third-order valence-electron chi connectivity index (χ3n) is 7.16. The molecule has 2 fully saturated rings. The van der Waals surface area contributed by atoms with Crippen molar-refractivity contribution in [1.82, 2.24) is 28.5 Å². The molecule has 1 aromatic carbocycles. The zero-order valence-electron chi connectivity index (χ0n) is 22.2. The first-order valence-corrected chi connectivity index (χ1v) is 13.7. The molecule has 2 saturated heterocycles. The highest BCUT2D eigenvalue weighted by molar-refractivity contribution is 8.00. The summed E-state index contributed by atoms with van der Waals surface area (Å²) in [5.41, 5.74) is 1.27. The van der Waals surface area contributed by atoms with Crippen molar-refractivity contribution in [2.24, 2.45) is 14.1 Å². The van der Waals surface area contributed by atoms with Crippen LogP contribution in [0.1, 0.15) is 11.1 Å². The second-order valence-electron chi connectivity index (χ2n) is 9.58. The molecule has 3 aromatic rings. The molecule has 5 rings (SSSR count). The third kappa shape index (κ3) is 5.34. The summed E-state index contributed by atoms with van der Waals surface area (Å²) in [4.78, 5) is 46.6. The van der Waals surface area contributed by atoms with Gasteiger partial charge in [0.2, 0.25) is 5.91 Å². The summed E-state index contributed by atoms with van der Waals surface area (Å²) in [5.74, 6) is 1.06. The van der Waals surface area contributed by atoms with E-state index >= 15 is 0 Å². The largest absolute Gasteiger partial charge is 0.504 e. The van der Waals surface area contributed by atoms with E-state index in [2.05, 4.69) is 9.88 Å². The lowest BCUT2D eigenvalue weighted by Gasteiger charge is -2.27. The first-order valence-electron chi connectivity index (χ1n) is 12.7. The van der Waals surface area contributed by atoms with Gasteiger partial charge in [-0.15, -0.1) is 11.8 Å². The lowest BCUT2D eigenvalue weighted by molar-refractivity contribution is -0.126. The van der Waals surface area contributed by atoms with Crippen LogP contribution in [0.4, 0.5) is 0 Å². The molecule has 2 aliphatic rings. The van der Waals surface area contributed by atoms with Gasteiger partial charge in [0.05, 0.1) is 38.6 Å². The number of nitrogens with zero attached hydrogens (tertiary/aromatic N) is 6. The molecular formula is C26H32N6O6S. The standard InChI is InChI=1S/C26H32N6O6S/c1-28-24-22(25(35)29(2)26(28)36)31(16-27-24)15-21-32(8-11-39-21)20(33)5-4-17-12-18(23(34)19(13-17)37-3)14-30-6-9-38-10-7-30/h4-5,12-13,16,21,34H,6-11,14-15H2,1-3H3. The molecule has 2 aromatic heterocycles. The van der Waals surface area contributed by atoms with Gasteiger partial charge in [-0.25, -0.2) is 9.78 Å². The number of ether oxygens (including phenoxy) is 2. The number of methoxy groups -OCH3 is 1. The average molecular weight is 557 g/mol. The van der Waals surface area contributed by atoms with Crippen molar-refractivity contribution in [3.63, 3.8) is 0 Å². The highest BCUT2D eigenvalue weighted by Crippen LogP contribution is 2.33. The number of benzene rings is 1. The van der Waals surface area contributed by atoms with Crippen molar-refractivity contribution in [1.29, 1.82) is 0 Å². The summed E-state index contributed by atoms with van der Waals surface area (Å²) in [6.45, 7) is 4.36. The summed E-state index contributed by atoms with van der Waals surface area (Å²) >= 11 is 1.63. The predicted molar refractivity (Wildman–Crippen MR) is 148 cm³/mol. The average Bonchev–Trinajstić information content (AvgIpc) is 3.59. The molecule has 0 bridgehead atoms. The number of carbonyl (C=O) groups is 1. The van der Waals surface area contributed by atoms with Gasteiger partial charge in [0, 0.05) is 57.7 Å². The van der Waals surface area contributed by atoms with Crippen LogP contribution in [0.5, 0.6) is 11.5 Å². The topological polar surface area (TPSA) is 124 Å². The molecule has 1 atom stereocenters. The van der Waals surface area contributed by atoms with Gasteiger partial charge < -0.3 is 24.0 Å². The molecule has 0 saturated carbocycles. The molecule has 0 radical (unpaired) electrons. The number of morpholine rings is 1. The lowest BCUT2D eigenvalue weighted by atomic mass is 10.1. The van der Waals surface area contributed by atoms with Gasteiger partial charge >= 0.3 is 5.69 Å². The van der Waals surface area contributed by atoms with Crippen molar-refractivity contribution in [3.8, 4) is 11.5 Å². The van der Waals surface area contributed by atoms with E-state index in [0.717, 1.165) is 34.5 Å². The first kappa shape index (κ1) is 27.0. The Bertz CT molecular complexity index is 1540. The summed E-state index contributed by atoms with van der Waals surface area (Å²) in [5, 5.41) is 10.5. The van der Waals surface area contributed by atoms with Gasteiger partial charge in [-0.1, -0.05) is 0 Å². The maximum Gasteiger partial charge on any atom is 0.332 e. The highest BCUT2D eigenvalue weighted by atomic mass is 32.2. The molecule has 13 heteroatoms. The van der Waals surface area contributed by atoms with Crippen molar-refractivity contribution in [2.45, 2.75) is 18.5 Å². The predicted octanol–water partition coefficient (Wildman–Crippen LogP) is 0.595. The number of hydrogen-bond acceptors (Lipinski definition) is 9. The van der Waals surface area contributed by atoms with E-state index in [1.54, 1.807) is 46.7 Å². The van der Waals surface area contributed by atoms with E-state index in [1.165, 1.54) is 24.8 Å². The van der Waals surface area contributed by atoms with E-state index in [-0.39, 0.29) is 17.0 Å². The van der Waals surface area contributed by atoms with E-state index < -0.39 is 11.2 Å². The minimum atomic E-state index is -0.436. The van der Waals surface area contributed by atoms with Gasteiger partial charge in [-0.2, -0.15) is 0 Å². The molecule has 0 aliphatic carbocycles. The van der Waals surface area contributed by atoms with Crippen LogP contribution in [0.25, 0.3) is 17.2 Å². The van der Waals surface area contributed by atoms with Crippen molar-refractivity contribution < 1.29 is 19.4 Å². The van der Waals surface area contributed by atoms with Gasteiger partial charge in [-0.3, -0.25) is 23.6 Å². The number of carbonyl (C=O) groups excluding carboxylic acids is 1. The molecule has 208 valence electrons. The zero-order valence-corrected chi connectivity index (χ0v) is 23.0. The van der Waals surface area contributed by atoms with E-state index in [9.17, 15) is 19.5 Å². The van der Waals surface area contributed by atoms with Gasteiger partial charge in [0.25, 0.3) is 5.56 Å². The smallest absolute Gasteiger partial charge is 0.332 e. The zero-order chi connectivity index (χ0) is 27.7. The van der Waals surface area contributed by atoms with Crippen LogP contribution in [-0.4, -0.2) is 90.6 Å². The normalized spacial score (nSPS) is 18.4. The van der Waals surface area contributed by atoms with Crippen LogP contribution >= 0.6 is 11.8 Å². The molecule has 1 amide bonds. The Morgan fingerprint density at radius 2 is 1.97 bits per heavy atom. The quantitative estimate of drug-likeness (QED) is 0.417. The molecule has 1 unspecified atom stereocenters. The van der Waals surface area contributed by atoms with Crippen LogP contribution in [0, 0.1) is 0 Å². The van der Waals surface area contributed by atoms with Crippen molar-refractivity contribution in [2.75, 3.05) is 45.7 Å².